The number of para-hydroxylation sites is 1. The first kappa shape index (κ1) is 29.1. The zero-order chi connectivity index (χ0) is 28.0. The Balaban J connectivity index is 1.59. The van der Waals surface area contributed by atoms with E-state index in [1.165, 1.54) is 0 Å². The molecule has 212 valence electrons. The summed E-state index contributed by atoms with van der Waals surface area (Å²) in [6.07, 6.45) is 4.39. The fourth-order valence-corrected chi connectivity index (χ4v) is 6.60. The molecule has 0 aliphatic carbocycles. The molecule has 0 radical (unpaired) electrons. The third-order valence-electron chi connectivity index (χ3n) is 6.99. The van der Waals surface area contributed by atoms with Crippen molar-refractivity contribution in [3.8, 4) is 5.75 Å². The number of nitrogens with zero attached hydrogens (tertiary/aromatic N) is 4. The normalized spacial score (nSPS) is 18.5. The molecule has 0 saturated heterocycles. The number of carbonyl (C=O) groups excluding carboxylic acids is 1. The molecule has 2 atom stereocenters. The zero-order valence-corrected chi connectivity index (χ0v) is 24.1. The maximum absolute atomic E-state index is 12.5. The maximum atomic E-state index is 12.5. The molecule has 0 fully saturated rings. The van der Waals surface area contributed by atoms with Gasteiger partial charge in [-0.1, -0.05) is 42.5 Å². The summed E-state index contributed by atoms with van der Waals surface area (Å²) in [5, 5.41) is 8.50. The number of carbonyl (C=O) groups is 1. The highest BCUT2D eigenvalue weighted by molar-refractivity contribution is 8.22. The van der Waals surface area contributed by atoms with E-state index in [4.69, 9.17) is 9.47 Å². The number of rotatable bonds is 11. The highest BCUT2D eigenvalue weighted by atomic mass is 32.3. The van der Waals surface area contributed by atoms with Gasteiger partial charge in [0.05, 0.1) is 25.3 Å². The van der Waals surface area contributed by atoms with Crippen molar-refractivity contribution in [3.63, 3.8) is 0 Å². The van der Waals surface area contributed by atoms with Crippen molar-refractivity contribution in [3.05, 3.63) is 71.0 Å². The predicted molar refractivity (Wildman–Crippen MR) is 152 cm³/mol. The topological polar surface area (TPSA) is 110 Å². The van der Waals surface area contributed by atoms with Crippen LogP contribution in [-0.4, -0.2) is 53.6 Å². The van der Waals surface area contributed by atoms with E-state index in [9.17, 15) is 13.9 Å². The van der Waals surface area contributed by atoms with Crippen LogP contribution < -0.4 is 4.74 Å². The Kier molecular flexibility index (Phi) is 9.66. The lowest BCUT2D eigenvalue weighted by Gasteiger charge is -2.42. The third kappa shape index (κ3) is 7.19. The van der Waals surface area contributed by atoms with Gasteiger partial charge in [0.2, 0.25) is 0 Å². The van der Waals surface area contributed by atoms with Gasteiger partial charge in [0, 0.05) is 19.3 Å². The van der Waals surface area contributed by atoms with Gasteiger partial charge in [0.1, 0.15) is 16.7 Å². The summed E-state index contributed by atoms with van der Waals surface area (Å²) in [4.78, 5) is 12.9. The number of ether oxygens (including phenoxy) is 2. The number of fused-ring (bicyclic) bond motifs is 1. The molecule has 1 aromatic heterocycles. The third-order valence-corrected chi connectivity index (χ3v) is 8.92. The summed E-state index contributed by atoms with van der Waals surface area (Å²) >= 11 is 0. The molecule has 1 unspecified atom stereocenters. The van der Waals surface area contributed by atoms with Crippen LogP contribution in [0, 0.1) is 6.92 Å². The van der Waals surface area contributed by atoms with Crippen molar-refractivity contribution in [2.75, 3.05) is 13.2 Å². The molecule has 2 aromatic carbocycles. The predicted octanol–water partition coefficient (Wildman–Crippen LogP) is 5.97. The number of benzene rings is 2. The van der Waals surface area contributed by atoms with Gasteiger partial charge < -0.3 is 9.47 Å². The van der Waals surface area contributed by atoms with Gasteiger partial charge in [-0.15, -0.1) is 15.9 Å². The van der Waals surface area contributed by atoms with Crippen LogP contribution in [0.3, 0.4) is 0 Å². The van der Waals surface area contributed by atoms with Crippen LogP contribution in [0.25, 0.3) is 0 Å². The van der Waals surface area contributed by atoms with E-state index < -0.39 is 10.8 Å². The van der Waals surface area contributed by atoms with Crippen LogP contribution in [0.15, 0.2) is 53.6 Å². The minimum atomic E-state index is -3.26. The first-order valence-electron chi connectivity index (χ1n) is 13.6. The average Bonchev–Trinajstić information content (AvgIpc) is 3.31. The van der Waals surface area contributed by atoms with Gasteiger partial charge in [-0.25, -0.2) is 0 Å². The fourth-order valence-electron chi connectivity index (χ4n) is 4.94. The van der Waals surface area contributed by atoms with Crippen LogP contribution in [0.4, 0.5) is 0 Å². The van der Waals surface area contributed by atoms with E-state index in [0.29, 0.717) is 43.2 Å². The summed E-state index contributed by atoms with van der Waals surface area (Å²) in [5.41, 5.74) is 3.93. The minimum absolute atomic E-state index is 0.0767. The molecule has 2 N–H and O–H groups in total. The van der Waals surface area contributed by atoms with Crippen LogP contribution in [0.5, 0.6) is 5.75 Å². The largest absolute Gasteiger partial charge is 0.487 e. The lowest BCUT2D eigenvalue weighted by atomic mass is 9.88. The Morgan fingerprint density at radius 2 is 2.03 bits per heavy atom. The van der Waals surface area contributed by atoms with Crippen molar-refractivity contribution in [2.45, 2.75) is 83.4 Å². The molecule has 10 heteroatoms. The lowest BCUT2D eigenvalue weighted by Crippen LogP contribution is -2.33. The Morgan fingerprint density at radius 1 is 1.23 bits per heavy atom. The molecule has 2 heterocycles. The van der Waals surface area contributed by atoms with E-state index in [1.54, 1.807) is 22.5 Å². The van der Waals surface area contributed by atoms with Gasteiger partial charge >= 0.3 is 5.97 Å². The number of esters is 1. The van der Waals surface area contributed by atoms with Crippen molar-refractivity contribution in [1.82, 2.24) is 19.3 Å². The number of aromatic nitrogens is 3. The Bertz CT molecular complexity index is 1260. The van der Waals surface area contributed by atoms with E-state index >= 15 is 0 Å². The van der Waals surface area contributed by atoms with Gasteiger partial charge in [-0.05, 0) is 74.8 Å². The van der Waals surface area contributed by atoms with Crippen molar-refractivity contribution in [2.24, 2.45) is 0 Å². The van der Waals surface area contributed by atoms with Gasteiger partial charge in [0.25, 0.3) is 0 Å². The van der Waals surface area contributed by atoms with E-state index in [2.05, 4.69) is 29.4 Å². The summed E-state index contributed by atoms with van der Waals surface area (Å²) in [6.45, 7) is 9.72. The molecule has 0 spiro atoms. The quantitative estimate of drug-likeness (QED) is 0.278. The highest BCUT2D eigenvalue weighted by Crippen LogP contribution is 2.57. The average molecular weight is 557 g/mol. The molecule has 9 nitrogen and oxygen atoms in total. The fraction of sp³-hybridized carbons (Fsp3) is 0.483. The molecule has 39 heavy (non-hydrogen) atoms. The van der Waals surface area contributed by atoms with Crippen molar-refractivity contribution >= 4 is 16.7 Å². The summed E-state index contributed by atoms with van der Waals surface area (Å²) in [6, 6.07) is 13.3. The molecule has 4 rings (SSSR count). The van der Waals surface area contributed by atoms with E-state index in [-0.39, 0.29) is 24.4 Å². The Hall–Kier alpha value is -2.92. The van der Waals surface area contributed by atoms with Crippen LogP contribution >= 0.6 is 10.8 Å². The molecular weight excluding hydrogens is 516 g/mol. The van der Waals surface area contributed by atoms with Gasteiger partial charge in [0.15, 0.2) is 0 Å². The molecular formula is C29H40N4O5S. The lowest BCUT2D eigenvalue weighted by molar-refractivity contribution is -0.143. The van der Waals surface area contributed by atoms with Crippen molar-refractivity contribution < 1.29 is 23.4 Å². The smallest absolute Gasteiger partial charge is 0.306 e. The number of aryl methyl sites for hydroxylation is 3. The molecule has 0 bridgehead atoms. The molecule has 1 aliphatic rings. The zero-order valence-electron chi connectivity index (χ0n) is 23.2. The van der Waals surface area contributed by atoms with E-state index in [0.717, 1.165) is 35.3 Å². The molecule has 1 aliphatic heterocycles. The Morgan fingerprint density at radius 3 is 2.79 bits per heavy atom. The van der Waals surface area contributed by atoms with Crippen LogP contribution in [0.1, 0.15) is 68.3 Å². The van der Waals surface area contributed by atoms with Crippen LogP contribution in [0.2, 0.25) is 0 Å². The number of hydrogen-bond acceptors (Lipinski definition) is 8. The van der Waals surface area contributed by atoms with Crippen LogP contribution in [-0.2, 0) is 29.0 Å². The van der Waals surface area contributed by atoms with E-state index in [1.807, 2.05) is 43.8 Å². The first-order chi connectivity index (χ1) is 18.7. The first-order valence-corrected chi connectivity index (χ1v) is 15.1. The second-order valence-electron chi connectivity index (χ2n) is 10.1. The second kappa shape index (κ2) is 13.0. The SMILES string of the molecule is CCCn1cc(CCC(CC(=O)OCC)c2ccc(C)c(CN3C[C@@H](C)Oc4ccccc4S3(O)O)c2)nn1. The summed E-state index contributed by atoms with van der Waals surface area (Å²) < 4.78 is 37.6. The Labute approximate surface area is 232 Å². The monoisotopic (exact) mass is 556 g/mol. The summed E-state index contributed by atoms with van der Waals surface area (Å²) in [7, 11) is -3.26. The highest BCUT2D eigenvalue weighted by Gasteiger charge is 2.34. The van der Waals surface area contributed by atoms with Crippen molar-refractivity contribution in [1.29, 1.82) is 0 Å². The standard InChI is InChI=1S/C29H40N4O5S/c1-5-15-32-20-26(30-31-32)14-13-24(17-29(34)37-6-2)23-12-11-21(3)25(16-23)19-33-18-22(4)38-27-9-7-8-10-28(27)39(33,35)36/h7-12,16,20,22,24,35-36H,5-6,13-15,17-19H2,1-4H3/t22-,24?/m1/s1. The summed E-state index contributed by atoms with van der Waals surface area (Å²) in [5.74, 6) is 0.194. The molecule has 3 aromatic rings. The maximum Gasteiger partial charge on any atom is 0.306 e. The molecule has 0 saturated carbocycles. The second-order valence-corrected chi connectivity index (χ2v) is 12.1. The number of hydrogen-bond donors (Lipinski definition) is 2. The minimum Gasteiger partial charge on any atom is -0.487 e. The molecule has 0 amide bonds. The van der Waals surface area contributed by atoms with Gasteiger partial charge in [-0.3, -0.25) is 18.6 Å². The van der Waals surface area contributed by atoms with Gasteiger partial charge in [-0.2, -0.15) is 4.31 Å².